The molecule has 86 valence electrons. The number of hydrogen-bond donors (Lipinski definition) is 1. The zero-order valence-electron chi connectivity index (χ0n) is 9.09. The fourth-order valence-electron chi connectivity index (χ4n) is 1.68. The fourth-order valence-corrected chi connectivity index (χ4v) is 2.21. The normalized spacial score (nSPS) is 10.2. The van der Waals surface area contributed by atoms with E-state index >= 15 is 0 Å². The number of aromatic nitrogens is 1. The summed E-state index contributed by atoms with van der Waals surface area (Å²) in [4.78, 5) is 4.16. The summed E-state index contributed by atoms with van der Waals surface area (Å²) in [6.07, 6.45) is 1.49. The molecule has 1 aromatic heterocycles. The second kappa shape index (κ2) is 4.68. The second-order valence-electron chi connectivity index (χ2n) is 3.47. The predicted molar refractivity (Wildman–Crippen MR) is 68.3 cm³/mol. The number of hydrogen-bond acceptors (Lipinski definition) is 3. The van der Waals surface area contributed by atoms with E-state index in [1.54, 1.807) is 0 Å². The van der Waals surface area contributed by atoms with Crippen molar-refractivity contribution in [2.24, 2.45) is 0 Å². The lowest BCUT2D eigenvalue weighted by molar-refractivity contribution is 0.629. The molecule has 0 amide bonds. The Morgan fingerprint density at radius 3 is 2.94 bits per heavy atom. The average molecular weight is 294 g/mol. The Hall–Kier alpha value is -1.67. The highest BCUT2D eigenvalue weighted by Gasteiger charge is 2.11. The number of rotatable bonds is 2. The van der Waals surface area contributed by atoms with Crippen molar-refractivity contribution in [3.63, 3.8) is 0 Å². The number of nitrogens with one attached hydrogen (secondary N) is 1. The Labute approximate surface area is 106 Å². The molecule has 0 radical (unpaired) electrons. The minimum absolute atomic E-state index is 0.361. The van der Waals surface area contributed by atoms with Crippen LogP contribution in [0.3, 0.4) is 0 Å². The molecule has 17 heavy (non-hydrogen) atoms. The molecule has 0 aliphatic heterocycles. The Morgan fingerprint density at radius 1 is 1.53 bits per heavy atom. The minimum atomic E-state index is -0.361. The van der Waals surface area contributed by atoms with Gasteiger partial charge in [0.1, 0.15) is 11.9 Å². The van der Waals surface area contributed by atoms with E-state index in [1.807, 2.05) is 13.0 Å². The number of anilines is 1. The van der Waals surface area contributed by atoms with Crippen LogP contribution in [-0.4, -0.2) is 11.5 Å². The molecule has 3 nitrogen and oxygen atoms in total. The van der Waals surface area contributed by atoms with Crippen molar-refractivity contribution in [3.05, 3.63) is 34.2 Å². The molecule has 0 aliphatic carbocycles. The topological polar surface area (TPSA) is 48.7 Å². The van der Waals surface area contributed by atoms with Gasteiger partial charge in [-0.25, -0.2) is 4.39 Å². The Kier molecular flexibility index (Phi) is 3.25. The maximum absolute atomic E-state index is 13.4. The van der Waals surface area contributed by atoms with Gasteiger partial charge in [0.15, 0.2) is 0 Å². The molecule has 2 aromatic rings. The Bertz CT molecular complexity index is 619. The van der Waals surface area contributed by atoms with Gasteiger partial charge in [0.05, 0.1) is 16.8 Å². The van der Waals surface area contributed by atoms with Crippen LogP contribution in [0.4, 0.5) is 10.1 Å². The highest BCUT2D eigenvalue weighted by atomic mass is 79.9. The summed E-state index contributed by atoms with van der Waals surface area (Å²) >= 11 is 3.27. The minimum Gasteiger partial charge on any atom is -0.384 e. The van der Waals surface area contributed by atoms with Crippen LogP contribution in [0.25, 0.3) is 10.9 Å². The first kappa shape index (κ1) is 11.8. The van der Waals surface area contributed by atoms with Crippen LogP contribution in [0.5, 0.6) is 0 Å². The van der Waals surface area contributed by atoms with Gasteiger partial charge in [-0.05, 0) is 35.0 Å². The van der Waals surface area contributed by atoms with Gasteiger partial charge in [0.25, 0.3) is 0 Å². The van der Waals surface area contributed by atoms with Crippen LogP contribution in [0.1, 0.15) is 12.5 Å². The summed E-state index contributed by atoms with van der Waals surface area (Å²) in [5.41, 5.74) is 1.68. The first-order valence-corrected chi connectivity index (χ1v) is 5.88. The molecule has 0 spiro atoms. The quantitative estimate of drug-likeness (QED) is 0.923. The largest absolute Gasteiger partial charge is 0.384 e. The highest BCUT2D eigenvalue weighted by molar-refractivity contribution is 9.10. The van der Waals surface area contributed by atoms with Crippen molar-refractivity contribution in [2.45, 2.75) is 6.92 Å². The van der Waals surface area contributed by atoms with Crippen LogP contribution in [0.15, 0.2) is 22.8 Å². The second-order valence-corrected chi connectivity index (χ2v) is 4.33. The Morgan fingerprint density at radius 2 is 2.29 bits per heavy atom. The lowest BCUT2D eigenvalue weighted by Crippen LogP contribution is -2.01. The maximum Gasteiger partial charge on any atom is 0.125 e. The number of nitriles is 1. The summed E-state index contributed by atoms with van der Waals surface area (Å²) in [6, 6.07) is 4.79. The third-order valence-electron chi connectivity index (χ3n) is 2.36. The van der Waals surface area contributed by atoms with Crippen molar-refractivity contribution in [1.82, 2.24) is 4.98 Å². The molecular weight excluding hydrogens is 285 g/mol. The van der Waals surface area contributed by atoms with Crippen molar-refractivity contribution in [3.8, 4) is 6.07 Å². The highest BCUT2D eigenvalue weighted by Crippen LogP contribution is 2.31. The summed E-state index contributed by atoms with van der Waals surface area (Å²) in [6.45, 7) is 2.57. The van der Waals surface area contributed by atoms with Crippen LogP contribution in [0, 0.1) is 17.1 Å². The van der Waals surface area contributed by atoms with Crippen LogP contribution in [0.2, 0.25) is 0 Å². The number of halogens is 2. The van der Waals surface area contributed by atoms with Gasteiger partial charge in [-0.2, -0.15) is 5.26 Å². The maximum atomic E-state index is 13.4. The van der Waals surface area contributed by atoms with Gasteiger partial charge in [-0.3, -0.25) is 4.98 Å². The van der Waals surface area contributed by atoms with Crippen molar-refractivity contribution >= 4 is 32.5 Å². The van der Waals surface area contributed by atoms with E-state index in [4.69, 9.17) is 5.26 Å². The van der Waals surface area contributed by atoms with E-state index in [-0.39, 0.29) is 5.82 Å². The number of fused-ring (bicyclic) bond motifs is 1. The molecule has 0 bridgehead atoms. The lowest BCUT2D eigenvalue weighted by atomic mass is 10.1. The third-order valence-corrected chi connectivity index (χ3v) is 2.97. The smallest absolute Gasteiger partial charge is 0.125 e. The van der Waals surface area contributed by atoms with Gasteiger partial charge in [0, 0.05) is 22.6 Å². The third kappa shape index (κ3) is 2.08. The van der Waals surface area contributed by atoms with E-state index in [9.17, 15) is 4.39 Å². The van der Waals surface area contributed by atoms with Crippen molar-refractivity contribution in [2.75, 3.05) is 11.9 Å². The molecule has 0 aliphatic rings. The van der Waals surface area contributed by atoms with Crippen LogP contribution < -0.4 is 5.32 Å². The van der Waals surface area contributed by atoms with E-state index < -0.39 is 0 Å². The van der Waals surface area contributed by atoms with E-state index in [0.29, 0.717) is 33.2 Å². The molecule has 0 saturated carbocycles. The van der Waals surface area contributed by atoms with Crippen molar-refractivity contribution in [1.29, 1.82) is 5.26 Å². The standard InChI is InChI=1S/C12H9BrFN3/c1-2-16-11-7(5-15)6-17-12-9(11)3-8(14)4-10(12)13/h3-4,6H,2H2,1H3,(H,16,17). The van der Waals surface area contributed by atoms with E-state index in [1.165, 1.54) is 18.3 Å². The molecular formula is C12H9BrFN3. The molecule has 1 heterocycles. The number of benzene rings is 1. The molecule has 1 aromatic carbocycles. The molecule has 5 heteroatoms. The van der Waals surface area contributed by atoms with Gasteiger partial charge < -0.3 is 5.32 Å². The average Bonchev–Trinajstić information content (AvgIpc) is 2.30. The first-order valence-electron chi connectivity index (χ1n) is 5.09. The molecule has 0 atom stereocenters. The van der Waals surface area contributed by atoms with E-state index in [0.717, 1.165) is 0 Å². The van der Waals surface area contributed by atoms with E-state index in [2.05, 4.69) is 26.2 Å². The van der Waals surface area contributed by atoms with Gasteiger partial charge in [-0.1, -0.05) is 0 Å². The number of nitrogens with zero attached hydrogens (tertiary/aromatic N) is 2. The summed E-state index contributed by atoms with van der Waals surface area (Å²) in [7, 11) is 0. The molecule has 0 unspecified atom stereocenters. The zero-order valence-corrected chi connectivity index (χ0v) is 10.7. The van der Waals surface area contributed by atoms with Gasteiger partial charge in [0.2, 0.25) is 0 Å². The molecule has 0 saturated heterocycles. The fraction of sp³-hybridized carbons (Fsp3) is 0.167. The number of pyridine rings is 1. The zero-order chi connectivity index (χ0) is 12.4. The molecule has 1 N–H and O–H groups in total. The summed E-state index contributed by atoms with van der Waals surface area (Å²) in [5, 5.41) is 12.7. The first-order chi connectivity index (χ1) is 8.17. The molecule has 2 rings (SSSR count). The monoisotopic (exact) mass is 293 g/mol. The summed E-state index contributed by atoms with van der Waals surface area (Å²) in [5.74, 6) is -0.361. The van der Waals surface area contributed by atoms with Crippen LogP contribution in [-0.2, 0) is 0 Å². The summed E-state index contributed by atoms with van der Waals surface area (Å²) < 4.78 is 14.0. The van der Waals surface area contributed by atoms with Gasteiger partial charge in [-0.15, -0.1) is 0 Å². The SMILES string of the molecule is CCNc1c(C#N)cnc2c(Br)cc(F)cc12. The lowest BCUT2D eigenvalue weighted by Gasteiger charge is -2.10. The predicted octanol–water partition coefficient (Wildman–Crippen LogP) is 3.44. The van der Waals surface area contributed by atoms with Crippen molar-refractivity contribution < 1.29 is 4.39 Å². The van der Waals surface area contributed by atoms with Crippen LogP contribution >= 0.6 is 15.9 Å². The van der Waals surface area contributed by atoms with Gasteiger partial charge >= 0.3 is 0 Å². The Balaban J connectivity index is 2.84. The molecule has 0 fully saturated rings.